The Morgan fingerprint density at radius 1 is 1.24 bits per heavy atom. The van der Waals surface area contributed by atoms with Crippen molar-refractivity contribution >= 4 is 11.9 Å². The Balaban J connectivity index is 1.45. The van der Waals surface area contributed by atoms with Gasteiger partial charge in [0, 0.05) is 38.5 Å². The van der Waals surface area contributed by atoms with E-state index in [-0.39, 0.29) is 18.9 Å². The van der Waals surface area contributed by atoms with Crippen LogP contribution < -0.4 is 5.32 Å². The van der Waals surface area contributed by atoms with Crippen LogP contribution in [0.2, 0.25) is 0 Å². The van der Waals surface area contributed by atoms with Gasteiger partial charge < -0.3 is 19.7 Å². The van der Waals surface area contributed by atoms with E-state index in [0.717, 1.165) is 18.7 Å². The zero-order valence-electron chi connectivity index (χ0n) is 14.3. The van der Waals surface area contributed by atoms with E-state index in [2.05, 4.69) is 15.5 Å². The Labute approximate surface area is 146 Å². The van der Waals surface area contributed by atoms with E-state index in [1.54, 1.807) is 0 Å². The number of hydrogen-bond acceptors (Lipinski definition) is 6. The first-order valence-corrected chi connectivity index (χ1v) is 8.99. The predicted molar refractivity (Wildman–Crippen MR) is 87.0 cm³/mol. The summed E-state index contributed by atoms with van der Waals surface area (Å²) in [5, 5.41) is 16.2. The number of carboxylic acids is 1. The minimum absolute atomic E-state index is 0.127. The quantitative estimate of drug-likeness (QED) is 0.767. The van der Waals surface area contributed by atoms with E-state index in [0.29, 0.717) is 44.3 Å². The molecule has 2 aliphatic rings. The van der Waals surface area contributed by atoms with Crippen LogP contribution in [-0.4, -0.2) is 46.9 Å². The third kappa shape index (κ3) is 4.36. The number of carboxylic acid groups (broad SMARTS) is 1. The van der Waals surface area contributed by atoms with Crippen molar-refractivity contribution < 1.29 is 24.0 Å². The molecular formula is C17H25N3O5. The van der Waals surface area contributed by atoms with Crippen molar-refractivity contribution in [2.75, 3.05) is 19.8 Å². The van der Waals surface area contributed by atoms with Gasteiger partial charge in [0.15, 0.2) is 5.82 Å². The van der Waals surface area contributed by atoms with Gasteiger partial charge in [-0.2, -0.15) is 4.98 Å². The summed E-state index contributed by atoms with van der Waals surface area (Å²) in [5.41, 5.74) is -0.923. The fourth-order valence-corrected chi connectivity index (χ4v) is 3.52. The number of rotatable bonds is 7. The second-order valence-electron chi connectivity index (χ2n) is 7.00. The Morgan fingerprint density at radius 2 is 1.96 bits per heavy atom. The molecule has 3 rings (SSSR count). The maximum absolute atomic E-state index is 12.1. The number of aryl methyl sites for hydroxylation is 1. The zero-order chi connectivity index (χ0) is 17.7. The number of aliphatic carboxylic acids is 1. The molecule has 0 unspecified atom stereocenters. The summed E-state index contributed by atoms with van der Waals surface area (Å²) < 4.78 is 10.5. The number of ether oxygens (including phenoxy) is 1. The van der Waals surface area contributed by atoms with Crippen LogP contribution in [0.3, 0.4) is 0 Å². The second kappa shape index (κ2) is 7.95. The monoisotopic (exact) mass is 351 g/mol. The Bertz CT molecular complexity index is 603. The van der Waals surface area contributed by atoms with E-state index >= 15 is 0 Å². The number of nitrogens with zero attached hydrogens (tertiary/aromatic N) is 2. The summed E-state index contributed by atoms with van der Waals surface area (Å²) in [5.74, 6) is 0.521. The van der Waals surface area contributed by atoms with Gasteiger partial charge in [-0.25, -0.2) is 0 Å². The van der Waals surface area contributed by atoms with Gasteiger partial charge in [-0.15, -0.1) is 0 Å². The van der Waals surface area contributed by atoms with E-state index in [4.69, 9.17) is 9.26 Å². The molecule has 2 N–H and O–H groups in total. The Kier molecular flexibility index (Phi) is 5.67. The first-order valence-electron chi connectivity index (χ1n) is 8.99. The van der Waals surface area contributed by atoms with E-state index in [1.165, 1.54) is 12.8 Å². The normalized spacial score (nSPS) is 20.5. The van der Waals surface area contributed by atoms with Gasteiger partial charge in [0.2, 0.25) is 11.8 Å². The summed E-state index contributed by atoms with van der Waals surface area (Å²) in [6, 6.07) is 0. The maximum Gasteiger partial charge on any atom is 0.311 e. The van der Waals surface area contributed by atoms with Crippen molar-refractivity contribution in [1.29, 1.82) is 0 Å². The smallest absolute Gasteiger partial charge is 0.311 e. The average Bonchev–Trinajstić information content (AvgIpc) is 3.30. The molecule has 0 bridgehead atoms. The van der Waals surface area contributed by atoms with E-state index in [9.17, 15) is 14.7 Å². The van der Waals surface area contributed by atoms with Gasteiger partial charge in [-0.1, -0.05) is 18.0 Å². The van der Waals surface area contributed by atoms with Crippen LogP contribution in [0.25, 0.3) is 0 Å². The molecule has 2 fully saturated rings. The summed E-state index contributed by atoms with van der Waals surface area (Å²) in [7, 11) is 0. The van der Waals surface area contributed by atoms with Gasteiger partial charge in [-0.3, -0.25) is 9.59 Å². The molecule has 1 aromatic rings. The van der Waals surface area contributed by atoms with Crippen molar-refractivity contribution in [2.45, 2.75) is 57.3 Å². The van der Waals surface area contributed by atoms with Crippen molar-refractivity contribution in [3.05, 3.63) is 11.7 Å². The highest BCUT2D eigenvalue weighted by Crippen LogP contribution is 2.32. The average molecular weight is 351 g/mol. The standard InChI is InChI=1S/C17H25N3O5/c21-13(18-11-17(16(22)23)7-9-24-10-8-17)5-6-14-19-15(20-25-14)12-3-1-2-4-12/h12H,1-11H2,(H,18,21)(H,22,23). The molecule has 25 heavy (non-hydrogen) atoms. The minimum Gasteiger partial charge on any atom is -0.481 e. The number of amides is 1. The second-order valence-corrected chi connectivity index (χ2v) is 7.00. The third-order valence-electron chi connectivity index (χ3n) is 5.30. The molecule has 1 saturated carbocycles. The largest absolute Gasteiger partial charge is 0.481 e. The van der Waals surface area contributed by atoms with Crippen molar-refractivity contribution in [3.8, 4) is 0 Å². The SMILES string of the molecule is O=C(CCc1nc(C2CCCC2)no1)NCC1(C(=O)O)CCOCC1. The lowest BCUT2D eigenvalue weighted by molar-refractivity contribution is -0.154. The topological polar surface area (TPSA) is 115 Å². The summed E-state index contributed by atoms with van der Waals surface area (Å²) >= 11 is 0. The highest BCUT2D eigenvalue weighted by Gasteiger charge is 2.40. The molecular weight excluding hydrogens is 326 g/mol. The molecule has 1 aliphatic carbocycles. The predicted octanol–water partition coefficient (Wildman–Crippen LogP) is 1.66. The molecule has 8 heteroatoms. The van der Waals surface area contributed by atoms with Gasteiger partial charge in [0.1, 0.15) is 0 Å². The summed E-state index contributed by atoms with van der Waals surface area (Å²) in [6.45, 7) is 0.948. The van der Waals surface area contributed by atoms with E-state index < -0.39 is 11.4 Å². The van der Waals surface area contributed by atoms with Crippen LogP contribution in [0.1, 0.15) is 62.6 Å². The highest BCUT2D eigenvalue weighted by molar-refractivity contribution is 5.79. The van der Waals surface area contributed by atoms with Crippen molar-refractivity contribution in [2.24, 2.45) is 5.41 Å². The first-order chi connectivity index (χ1) is 12.1. The lowest BCUT2D eigenvalue weighted by atomic mass is 9.80. The molecule has 1 aromatic heterocycles. The van der Waals surface area contributed by atoms with Crippen LogP contribution in [0, 0.1) is 5.41 Å². The molecule has 1 saturated heterocycles. The van der Waals surface area contributed by atoms with Gasteiger partial charge >= 0.3 is 5.97 Å². The zero-order valence-corrected chi connectivity index (χ0v) is 14.3. The lowest BCUT2D eigenvalue weighted by Crippen LogP contribution is -2.46. The van der Waals surface area contributed by atoms with Crippen LogP contribution in [0.5, 0.6) is 0 Å². The maximum atomic E-state index is 12.1. The number of hydrogen-bond donors (Lipinski definition) is 2. The number of carbonyl (C=O) groups is 2. The molecule has 8 nitrogen and oxygen atoms in total. The van der Waals surface area contributed by atoms with Crippen LogP contribution in [0.15, 0.2) is 4.52 Å². The lowest BCUT2D eigenvalue weighted by Gasteiger charge is -2.33. The van der Waals surface area contributed by atoms with Crippen LogP contribution in [0.4, 0.5) is 0 Å². The third-order valence-corrected chi connectivity index (χ3v) is 5.30. The van der Waals surface area contributed by atoms with Crippen molar-refractivity contribution in [3.63, 3.8) is 0 Å². The number of nitrogens with one attached hydrogen (secondary N) is 1. The molecule has 1 aliphatic heterocycles. The molecule has 0 spiro atoms. The molecule has 138 valence electrons. The Morgan fingerprint density at radius 3 is 2.64 bits per heavy atom. The van der Waals surface area contributed by atoms with Gasteiger partial charge in [0.05, 0.1) is 5.41 Å². The number of carbonyl (C=O) groups excluding carboxylic acids is 1. The summed E-state index contributed by atoms with van der Waals surface area (Å²) in [6.07, 6.45) is 6.00. The van der Waals surface area contributed by atoms with Crippen molar-refractivity contribution in [1.82, 2.24) is 15.5 Å². The molecule has 0 atom stereocenters. The Hall–Kier alpha value is -1.96. The first kappa shape index (κ1) is 17.8. The molecule has 0 aromatic carbocycles. The molecule has 2 heterocycles. The summed E-state index contributed by atoms with van der Waals surface area (Å²) in [4.78, 5) is 28.0. The van der Waals surface area contributed by atoms with E-state index in [1.807, 2.05) is 0 Å². The fraction of sp³-hybridized carbons (Fsp3) is 0.765. The number of aromatic nitrogens is 2. The molecule has 0 radical (unpaired) electrons. The molecule has 1 amide bonds. The highest BCUT2D eigenvalue weighted by atomic mass is 16.5. The van der Waals surface area contributed by atoms with Gasteiger partial charge in [-0.05, 0) is 25.7 Å². The van der Waals surface area contributed by atoms with Gasteiger partial charge in [0.25, 0.3) is 0 Å². The minimum atomic E-state index is -0.923. The van der Waals surface area contributed by atoms with Crippen LogP contribution >= 0.6 is 0 Å². The fourth-order valence-electron chi connectivity index (χ4n) is 3.52. The van der Waals surface area contributed by atoms with Crippen LogP contribution in [-0.2, 0) is 20.7 Å².